The fourth-order valence-corrected chi connectivity index (χ4v) is 3.72. The van der Waals surface area contributed by atoms with Crippen LogP contribution < -0.4 is 14.8 Å². The number of nitro benzene ring substituents is 1. The molecule has 2 aromatic carbocycles. The number of hydrogen-bond donors (Lipinski definition) is 1. The third kappa shape index (κ3) is 5.84. The number of halogens is 1. The Morgan fingerprint density at radius 1 is 1.18 bits per heavy atom. The molecular weight excluding hydrogens is 469 g/mol. The van der Waals surface area contributed by atoms with Crippen molar-refractivity contribution in [2.45, 2.75) is 19.4 Å². The van der Waals surface area contributed by atoms with Gasteiger partial charge in [0.15, 0.2) is 17.6 Å². The zero-order chi connectivity index (χ0) is 24.8. The maximum absolute atomic E-state index is 13.4. The van der Waals surface area contributed by atoms with E-state index in [-0.39, 0.29) is 12.1 Å². The van der Waals surface area contributed by atoms with Crippen molar-refractivity contribution in [2.24, 2.45) is 0 Å². The molecule has 0 saturated heterocycles. The fraction of sp³-hybridized carbons (Fsp3) is 0.227. The number of nitrogens with zero attached hydrogens (tertiary/aromatic N) is 2. The van der Waals surface area contributed by atoms with Crippen LogP contribution >= 0.6 is 11.3 Å². The average molecular weight is 489 g/mol. The summed E-state index contributed by atoms with van der Waals surface area (Å²) in [6.45, 7) is 1.35. The summed E-state index contributed by atoms with van der Waals surface area (Å²) in [5.41, 5.74) is 0.460. The van der Waals surface area contributed by atoms with Gasteiger partial charge in [-0.25, -0.2) is 4.98 Å². The molecule has 1 unspecified atom stereocenters. The summed E-state index contributed by atoms with van der Waals surface area (Å²) in [6.07, 6.45) is -1.36. The summed E-state index contributed by atoms with van der Waals surface area (Å²) in [7, 11) is 3.06. The SMILES string of the molecule is COc1ccc(-c2nc(CC(=O)OC(C)C(=O)Nc3ccc(F)c([N+](=O)[O-])c3)cs2)cc1OC. The first-order valence-corrected chi connectivity index (χ1v) is 10.7. The lowest BCUT2D eigenvalue weighted by molar-refractivity contribution is -0.387. The van der Waals surface area contributed by atoms with Crippen LogP contribution in [0.1, 0.15) is 12.6 Å². The largest absolute Gasteiger partial charge is 0.493 e. The van der Waals surface area contributed by atoms with Crippen LogP contribution in [0.25, 0.3) is 10.6 Å². The Kier molecular flexibility index (Phi) is 7.74. The van der Waals surface area contributed by atoms with E-state index in [4.69, 9.17) is 14.2 Å². The van der Waals surface area contributed by atoms with Crippen LogP contribution in [-0.4, -0.2) is 42.1 Å². The van der Waals surface area contributed by atoms with Crippen molar-refractivity contribution in [2.75, 3.05) is 19.5 Å². The Hall–Kier alpha value is -4.06. The maximum Gasteiger partial charge on any atom is 0.312 e. The minimum absolute atomic E-state index is 0.0000572. The zero-order valence-electron chi connectivity index (χ0n) is 18.4. The van der Waals surface area contributed by atoms with E-state index in [9.17, 15) is 24.1 Å². The van der Waals surface area contributed by atoms with Gasteiger partial charge in [0.1, 0.15) is 5.01 Å². The molecule has 34 heavy (non-hydrogen) atoms. The molecule has 0 aliphatic heterocycles. The number of rotatable bonds is 9. The molecule has 0 radical (unpaired) electrons. The van der Waals surface area contributed by atoms with Gasteiger partial charge >= 0.3 is 11.7 Å². The molecule has 3 aromatic rings. The monoisotopic (exact) mass is 489 g/mol. The average Bonchev–Trinajstić information content (AvgIpc) is 3.27. The van der Waals surface area contributed by atoms with E-state index < -0.39 is 34.4 Å². The molecule has 1 heterocycles. The third-order valence-corrected chi connectivity index (χ3v) is 5.54. The van der Waals surface area contributed by atoms with Gasteiger partial charge in [0.25, 0.3) is 5.91 Å². The number of benzene rings is 2. The Labute approximate surface area is 197 Å². The molecule has 178 valence electrons. The van der Waals surface area contributed by atoms with Gasteiger partial charge in [-0.05, 0) is 37.3 Å². The Morgan fingerprint density at radius 2 is 1.91 bits per heavy atom. The number of thiazole rings is 1. The van der Waals surface area contributed by atoms with Gasteiger partial charge in [-0.15, -0.1) is 11.3 Å². The lowest BCUT2D eigenvalue weighted by Gasteiger charge is -2.13. The highest BCUT2D eigenvalue weighted by atomic mass is 32.1. The number of esters is 1. The zero-order valence-corrected chi connectivity index (χ0v) is 19.2. The van der Waals surface area contributed by atoms with Crippen LogP contribution in [0.4, 0.5) is 15.8 Å². The van der Waals surface area contributed by atoms with Crippen LogP contribution in [0.3, 0.4) is 0 Å². The number of aromatic nitrogens is 1. The predicted octanol–water partition coefficient (Wildman–Crippen LogP) is 3.99. The number of ether oxygens (including phenoxy) is 3. The second-order valence-corrected chi connectivity index (χ2v) is 7.79. The molecule has 1 amide bonds. The smallest absolute Gasteiger partial charge is 0.312 e. The van der Waals surface area contributed by atoms with E-state index in [1.54, 1.807) is 17.5 Å². The van der Waals surface area contributed by atoms with Crippen LogP contribution in [0.2, 0.25) is 0 Å². The first-order chi connectivity index (χ1) is 16.2. The van der Waals surface area contributed by atoms with E-state index in [2.05, 4.69) is 10.3 Å². The summed E-state index contributed by atoms with van der Waals surface area (Å²) >= 11 is 1.33. The van der Waals surface area contributed by atoms with E-state index >= 15 is 0 Å². The highest BCUT2D eigenvalue weighted by molar-refractivity contribution is 7.13. The fourth-order valence-electron chi connectivity index (χ4n) is 2.90. The molecule has 0 saturated carbocycles. The number of hydrogen-bond acceptors (Lipinski definition) is 9. The molecule has 0 fully saturated rings. The van der Waals surface area contributed by atoms with Gasteiger partial charge in [-0.3, -0.25) is 19.7 Å². The number of anilines is 1. The Bertz CT molecular complexity index is 1230. The van der Waals surface area contributed by atoms with Gasteiger partial charge < -0.3 is 19.5 Å². The molecule has 1 aromatic heterocycles. The normalized spacial score (nSPS) is 11.4. The summed E-state index contributed by atoms with van der Waals surface area (Å²) < 4.78 is 29.1. The number of nitro groups is 1. The number of methoxy groups -OCH3 is 2. The summed E-state index contributed by atoms with van der Waals surface area (Å²) in [5, 5.41) is 15.6. The number of amides is 1. The standard InChI is InChI=1S/C22H20FN3O7S/c1-12(21(28)24-14-5-6-16(23)17(9-14)26(29)30)33-20(27)10-15-11-34-22(25-15)13-4-7-18(31-2)19(8-13)32-3/h4-9,11-12H,10H2,1-3H3,(H,24,28). The van der Waals surface area contributed by atoms with Crippen molar-refractivity contribution < 1.29 is 33.1 Å². The van der Waals surface area contributed by atoms with Crippen LogP contribution in [-0.2, 0) is 20.7 Å². The minimum atomic E-state index is -1.19. The number of nitrogens with one attached hydrogen (secondary N) is 1. The van der Waals surface area contributed by atoms with Crippen molar-refractivity contribution in [1.82, 2.24) is 4.98 Å². The van der Waals surface area contributed by atoms with Gasteiger partial charge in [0, 0.05) is 22.7 Å². The molecule has 0 aliphatic rings. The Morgan fingerprint density at radius 3 is 2.59 bits per heavy atom. The van der Waals surface area contributed by atoms with Crippen LogP contribution in [0.15, 0.2) is 41.8 Å². The van der Waals surface area contributed by atoms with Gasteiger partial charge in [-0.1, -0.05) is 0 Å². The highest BCUT2D eigenvalue weighted by Gasteiger charge is 2.21. The van der Waals surface area contributed by atoms with Crippen molar-refractivity contribution in [3.05, 3.63) is 63.4 Å². The van der Waals surface area contributed by atoms with Crippen molar-refractivity contribution in [3.8, 4) is 22.1 Å². The van der Waals surface area contributed by atoms with Crippen LogP contribution in [0, 0.1) is 15.9 Å². The maximum atomic E-state index is 13.4. The lowest BCUT2D eigenvalue weighted by atomic mass is 10.2. The molecule has 1 N–H and O–H groups in total. The van der Waals surface area contributed by atoms with E-state index in [1.807, 2.05) is 6.07 Å². The minimum Gasteiger partial charge on any atom is -0.493 e. The van der Waals surface area contributed by atoms with Crippen molar-refractivity contribution >= 4 is 34.6 Å². The van der Waals surface area contributed by atoms with Crippen LogP contribution in [0.5, 0.6) is 11.5 Å². The molecule has 10 nitrogen and oxygen atoms in total. The van der Waals surface area contributed by atoms with E-state index in [0.29, 0.717) is 22.2 Å². The number of carbonyl (C=O) groups is 2. The molecule has 12 heteroatoms. The van der Waals surface area contributed by atoms with Crippen molar-refractivity contribution in [1.29, 1.82) is 0 Å². The molecule has 0 bridgehead atoms. The van der Waals surface area contributed by atoms with Gasteiger partial charge in [0.2, 0.25) is 5.82 Å². The second kappa shape index (κ2) is 10.7. The molecule has 1 atom stereocenters. The quantitative estimate of drug-likeness (QED) is 0.271. The first-order valence-electron chi connectivity index (χ1n) is 9.83. The van der Waals surface area contributed by atoms with Gasteiger partial charge in [0.05, 0.1) is 31.3 Å². The van der Waals surface area contributed by atoms with E-state index in [1.165, 1.54) is 38.5 Å². The Balaban J connectivity index is 1.60. The first kappa shape index (κ1) is 24.6. The van der Waals surface area contributed by atoms with Gasteiger partial charge in [-0.2, -0.15) is 4.39 Å². The highest BCUT2D eigenvalue weighted by Crippen LogP contribution is 2.33. The second-order valence-electron chi connectivity index (χ2n) is 6.94. The predicted molar refractivity (Wildman–Crippen MR) is 122 cm³/mol. The molecule has 0 aliphatic carbocycles. The number of carbonyl (C=O) groups excluding carboxylic acids is 2. The molecule has 3 rings (SSSR count). The third-order valence-electron chi connectivity index (χ3n) is 4.60. The summed E-state index contributed by atoms with van der Waals surface area (Å²) in [5.74, 6) is -1.31. The molecular formula is C22H20FN3O7S. The van der Waals surface area contributed by atoms with Crippen molar-refractivity contribution in [3.63, 3.8) is 0 Å². The topological polar surface area (TPSA) is 130 Å². The summed E-state index contributed by atoms with van der Waals surface area (Å²) in [6, 6.07) is 8.25. The summed E-state index contributed by atoms with van der Waals surface area (Å²) in [4.78, 5) is 38.9. The molecule has 0 spiro atoms. The lowest BCUT2D eigenvalue weighted by Crippen LogP contribution is -2.30. The van der Waals surface area contributed by atoms with E-state index in [0.717, 1.165) is 17.7 Å².